The first-order chi connectivity index (χ1) is 8.31. The highest BCUT2D eigenvalue weighted by atomic mass is 35.6. The van der Waals surface area contributed by atoms with Gasteiger partial charge in [0.05, 0.1) is 6.54 Å². The van der Waals surface area contributed by atoms with Crippen molar-refractivity contribution in [3.05, 3.63) is 23.7 Å². The van der Waals surface area contributed by atoms with Crippen LogP contribution in [0, 0.1) is 0 Å². The van der Waals surface area contributed by atoms with E-state index in [0.717, 1.165) is 0 Å². The molecule has 0 aliphatic rings. The van der Waals surface area contributed by atoms with Crippen molar-refractivity contribution in [2.45, 2.75) is 16.9 Å². The number of carbonyl (C=O) groups is 1. The standard InChI is InChI=1S/C10H12Cl3NO4/c1-14(9(16)17-6-10(11,12)13)4-7-2-3-8(5-15)18-7/h2-3,15H,4-6H2,1H3. The predicted octanol–water partition coefficient (Wildman–Crippen LogP) is 2.71. The van der Waals surface area contributed by atoms with Crippen molar-refractivity contribution in [3.8, 4) is 0 Å². The molecule has 1 rings (SSSR count). The van der Waals surface area contributed by atoms with Gasteiger partial charge < -0.3 is 19.2 Å². The average molecular weight is 317 g/mol. The van der Waals surface area contributed by atoms with Crippen LogP contribution in [-0.4, -0.2) is 33.5 Å². The van der Waals surface area contributed by atoms with Crippen LogP contribution in [0.25, 0.3) is 0 Å². The van der Waals surface area contributed by atoms with Crippen LogP contribution in [0.15, 0.2) is 16.5 Å². The van der Waals surface area contributed by atoms with Crippen LogP contribution < -0.4 is 0 Å². The molecule has 8 heteroatoms. The summed E-state index contributed by atoms with van der Waals surface area (Å²) < 4.78 is 8.36. The van der Waals surface area contributed by atoms with E-state index in [1.807, 2.05) is 0 Å². The van der Waals surface area contributed by atoms with Crippen molar-refractivity contribution >= 4 is 40.9 Å². The van der Waals surface area contributed by atoms with Crippen molar-refractivity contribution in [3.63, 3.8) is 0 Å². The van der Waals surface area contributed by atoms with Gasteiger partial charge in [0.2, 0.25) is 3.79 Å². The number of amides is 1. The minimum Gasteiger partial charge on any atom is -0.462 e. The Morgan fingerprint density at radius 3 is 2.56 bits per heavy atom. The summed E-state index contributed by atoms with van der Waals surface area (Å²) in [6.07, 6.45) is -0.636. The normalized spacial score (nSPS) is 11.4. The van der Waals surface area contributed by atoms with Gasteiger partial charge in [-0.3, -0.25) is 0 Å². The number of alkyl halides is 3. The summed E-state index contributed by atoms with van der Waals surface area (Å²) in [5, 5.41) is 8.83. The fourth-order valence-corrected chi connectivity index (χ4v) is 1.31. The Balaban J connectivity index is 2.44. The highest BCUT2D eigenvalue weighted by molar-refractivity contribution is 6.67. The Kier molecular flexibility index (Phi) is 5.59. The topological polar surface area (TPSA) is 62.9 Å². The van der Waals surface area contributed by atoms with E-state index in [4.69, 9.17) is 49.1 Å². The monoisotopic (exact) mass is 315 g/mol. The third-order valence-electron chi connectivity index (χ3n) is 1.94. The zero-order chi connectivity index (χ0) is 13.8. The maximum absolute atomic E-state index is 11.5. The van der Waals surface area contributed by atoms with Crippen molar-refractivity contribution in [1.82, 2.24) is 4.90 Å². The highest BCUT2D eigenvalue weighted by Crippen LogP contribution is 2.26. The number of furan rings is 1. The zero-order valence-electron chi connectivity index (χ0n) is 9.53. The number of rotatable bonds is 4. The number of hydrogen-bond donors (Lipinski definition) is 1. The molecule has 0 fully saturated rings. The quantitative estimate of drug-likeness (QED) is 0.868. The Morgan fingerprint density at radius 2 is 2.06 bits per heavy atom. The molecule has 1 aromatic heterocycles. The van der Waals surface area contributed by atoms with Gasteiger partial charge >= 0.3 is 6.09 Å². The molecule has 0 bridgehead atoms. The summed E-state index contributed by atoms with van der Waals surface area (Å²) in [5.74, 6) is 0.945. The van der Waals surface area contributed by atoms with E-state index < -0.39 is 9.89 Å². The molecule has 1 amide bonds. The largest absolute Gasteiger partial charge is 0.462 e. The Labute approximate surface area is 119 Å². The molecule has 5 nitrogen and oxygen atoms in total. The number of ether oxygens (including phenoxy) is 1. The lowest BCUT2D eigenvalue weighted by molar-refractivity contribution is 0.108. The molecule has 0 unspecified atom stereocenters. The Morgan fingerprint density at radius 1 is 1.44 bits per heavy atom. The Bertz CT molecular complexity index is 402. The molecule has 0 aromatic carbocycles. The summed E-state index contributed by atoms with van der Waals surface area (Å²) in [5.41, 5.74) is 0. The minimum absolute atomic E-state index is 0.193. The van der Waals surface area contributed by atoms with Crippen LogP contribution in [0.3, 0.4) is 0 Å². The van der Waals surface area contributed by atoms with Crippen LogP contribution in [0.5, 0.6) is 0 Å². The van der Waals surface area contributed by atoms with E-state index in [-0.39, 0.29) is 19.8 Å². The summed E-state index contributed by atoms with van der Waals surface area (Å²) in [4.78, 5) is 12.8. The first-order valence-electron chi connectivity index (χ1n) is 4.95. The van der Waals surface area contributed by atoms with Gasteiger partial charge in [0.25, 0.3) is 0 Å². The van der Waals surface area contributed by atoms with E-state index >= 15 is 0 Å². The van der Waals surface area contributed by atoms with Crippen LogP contribution in [0.2, 0.25) is 0 Å². The minimum atomic E-state index is -1.63. The van der Waals surface area contributed by atoms with Crippen LogP contribution in [0.4, 0.5) is 4.79 Å². The van der Waals surface area contributed by atoms with Gasteiger partial charge in [0.1, 0.15) is 24.7 Å². The first kappa shape index (κ1) is 15.4. The second-order valence-electron chi connectivity index (χ2n) is 3.55. The molecule has 102 valence electrons. The van der Waals surface area contributed by atoms with Crippen molar-refractivity contribution < 1.29 is 19.1 Å². The molecule has 1 aromatic rings. The molecule has 0 atom stereocenters. The van der Waals surface area contributed by atoms with E-state index in [1.54, 1.807) is 12.1 Å². The first-order valence-corrected chi connectivity index (χ1v) is 6.08. The second-order valence-corrected chi connectivity index (χ2v) is 6.07. The summed E-state index contributed by atoms with van der Waals surface area (Å²) in [6.45, 7) is -0.332. The fourth-order valence-electron chi connectivity index (χ4n) is 1.14. The van der Waals surface area contributed by atoms with Crippen molar-refractivity contribution in [2.75, 3.05) is 13.7 Å². The molecule has 0 aliphatic heterocycles. The number of nitrogens with zero attached hydrogens (tertiary/aromatic N) is 1. The lowest BCUT2D eigenvalue weighted by Crippen LogP contribution is -2.29. The van der Waals surface area contributed by atoms with Gasteiger partial charge in [0.15, 0.2) is 0 Å². The molecule has 1 N–H and O–H groups in total. The number of aliphatic hydroxyl groups is 1. The van der Waals surface area contributed by atoms with Crippen LogP contribution in [-0.2, 0) is 17.9 Å². The number of halogens is 3. The zero-order valence-corrected chi connectivity index (χ0v) is 11.8. The Hall–Kier alpha value is -0.620. The van der Waals surface area contributed by atoms with E-state index in [2.05, 4.69) is 0 Å². The molecule has 0 aliphatic carbocycles. The smallest absolute Gasteiger partial charge is 0.410 e. The predicted molar refractivity (Wildman–Crippen MR) is 67.7 cm³/mol. The fraction of sp³-hybridized carbons (Fsp3) is 0.500. The van der Waals surface area contributed by atoms with E-state index in [9.17, 15) is 4.79 Å². The molecule has 0 saturated heterocycles. The summed E-state index contributed by atoms with van der Waals surface area (Å²) >= 11 is 16.4. The number of carbonyl (C=O) groups excluding carboxylic acids is 1. The van der Waals surface area contributed by atoms with Crippen molar-refractivity contribution in [2.24, 2.45) is 0 Å². The maximum Gasteiger partial charge on any atom is 0.410 e. The summed E-state index contributed by atoms with van der Waals surface area (Å²) in [6, 6.07) is 3.28. The molecule has 1 heterocycles. The van der Waals surface area contributed by atoms with Gasteiger partial charge in [-0.2, -0.15) is 0 Å². The average Bonchev–Trinajstić information content (AvgIpc) is 2.72. The van der Waals surface area contributed by atoms with E-state index in [0.29, 0.717) is 11.5 Å². The van der Waals surface area contributed by atoms with Gasteiger partial charge in [0, 0.05) is 7.05 Å². The molecule has 0 spiro atoms. The van der Waals surface area contributed by atoms with Gasteiger partial charge in [-0.25, -0.2) is 4.79 Å². The number of hydrogen-bond acceptors (Lipinski definition) is 4. The summed E-state index contributed by atoms with van der Waals surface area (Å²) in [7, 11) is 1.52. The SMILES string of the molecule is CN(Cc1ccc(CO)o1)C(=O)OCC(Cl)(Cl)Cl. The van der Waals surface area contributed by atoms with Crippen molar-refractivity contribution in [1.29, 1.82) is 0 Å². The van der Waals surface area contributed by atoms with Crippen LogP contribution in [0.1, 0.15) is 11.5 Å². The van der Waals surface area contributed by atoms with Gasteiger partial charge in [-0.1, -0.05) is 34.8 Å². The van der Waals surface area contributed by atoms with E-state index in [1.165, 1.54) is 11.9 Å². The molecule has 0 saturated carbocycles. The van der Waals surface area contributed by atoms with Gasteiger partial charge in [-0.05, 0) is 12.1 Å². The maximum atomic E-state index is 11.5. The molecular formula is C10H12Cl3NO4. The molecular weight excluding hydrogens is 304 g/mol. The lowest BCUT2D eigenvalue weighted by Gasteiger charge is -2.17. The molecule has 0 radical (unpaired) electrons. The molecule has 18 heavy (non-hydrogen) atoms. The number of aliphatic hydroxyl groups excluding tert-OH is 1. The lowest BCUT2D eigenvalue weighted by atomic mass is 10.4. The third kappa shape index (κ3) is 5.35. The van der Waals surface area contributed by atoms with Crippen LogP contribution >= 0.6 is 34.8 Å². The second kappa shape index (κ2) is 6.52. The third-order valence-corrected chi connectivity index (χ3v) is 2.26. The highest BCUT2D eigenvalue weighted by Gasteiger charge is 2.23. The van der Waals surface area contributed by atoms with Gasteiger partial charge in [-0.15, -0.1) is 0 Å².